The average Bonchev–Trinajstić information content (AvgIpc) is 3.44. The van der Waals surface area contributed by atoms with Crippen molar-refractivity contribution in [3.63, 3.8) is 0 Å². The van der Waals surface area contributed by atoms with Crippen LogP contribution in [-0.2, 0) is 19.1 Å². The summed E-state index contributed by atoms with van der Waals surface area (Å²) < 4.78 is 6.71. The number of hydrogen-bond acceptors (Lipinski definition) is 5. The molecule has 192 valence electrons. The number of carbonyl (C=O) groups excluding carboxylic acids is 3. The van der Waals surface area contributed by atoms with Gasteiger partial charge in [0.1, 0.15) is 11.6 Å². The molecule has 0 aliphatic carbocycles. The molecule has 1 aromatic carbocycles. The molecule has 4 rings (SSSR count). The molecule has 0 radical (unpaired) electrons. The largest absolute Gasteiger partial charge is 0.396 e. The molecular weight excluding hydrogens is 446 g/mol. The molecule has 3 heterocycles. The lowest BCUT2D eigenvalue weighted by atomic mass is 9.65. The second kappa shape index (κ2) is 9.90. The number of aryl methyl sites for hydroxylation is 2. The van der Waals surface area contributed by atoms with Crippen LogP contribution in [0.4, 0.5) is 5.69 Å². The second-order valence-corrected chi connectivity index (χ2v) is 10.4. The maximum Gasteiger partial charge on any atom is 0.250 e. The van der Waals surface area contributed by atoms with Crippen LogP contribution < -0.4 is 10.6 Å². The normalized spacial score (nSPS) is 31.1. The van der Waals surface area contributed by atoms with Gasteiger partial charge >= 0.3 is 0 Å². The molecule has 3 N–H and O–H groups in total. The first kappa shape index (κ1) is 25.6. The van der Waals surface area contributed by atoms with Crippen LogP contribution in [0.15, 0.2) is 18.2 Å². The molecule has 3 saturated heterocycles. The van der Waals surface area contributed by atoms with Crippen LogP contribution in [0.5, 0.6) is 0 Å². The zero-order valence-electron chi connectivity index (χ0n) is 21.4. The van der Waals surface area contributed by atoms with E-state index in [9.17, 15) is 14.4 Å². The Morgan fingerprint density at radius 1 is 1.14 bits per heavy atom. The molecule has 2 bridgehead atoms. The predicted octanol–water partition coefficient (Wildman–Crippen LogP) is 2.70. The Kier molecular flexibility index (Phi) is 7.25. The molecule has 35 heavy (non-hydrogen) atoms. The van der Waals surface area contributed by atoms with Gasteiger partial charge in [0.25, 0.3) is 0 Å². The summed E-state index contributed by atoms with van der Waals surface area (Å²) in [6, 6.07) is 5.11. The maximum atomic E-state index is 13.9. The van der Waals surface area contributed by atoms with Crippen molar-refractivity contribution >= 4 is 23.4 Å². The monoisotopic (exact) mass is 485 g/mol. The molecule has 3 aliphatic rings. The molecule has 1 spiro atoms. The van der Waals surface area contributed by atoms with Crippen LogP contribution in [-0.4, -0.2) is 65.2 Å². The number of likely N-dealkylation sites (tertiary alicyclic amines) is 1. The standard InChI is InChI=1S/C27H39N3O5/c1-5-26-12-13-27(35-26)21(20(26)23(32)28-4)25(34)30(14-8-6-7-9-15-31)22(27)24(33)29-19-16-17(2)10-11-18(19)3/h10-11,16,20-22,31H,5-9,12-15H2,1-4H3,(H,28,32)(H,29,33)/t20-,21-,22?,26+,27?/m0/s1. The minimum Gasteiger partial charge on any atom is -0.396 e. The first-order chi connectivity index (χ1) is 16.7. The van der Waals surface area contributed by atoms with Gasteiger partial charge in [0.05, 0.1) is 17.4 Å². The Morgan fingerprint density at radius 2 is 1.89 bits per heavy atom. The Hall–Kier alpha value is -2.45. The summed E-state index contributed by atoms with van der Waals surface area (Å²) in [7, 11) is 1.59. The summed E-state index contributed by atoms with van der Waals surface area (Å²) in [6.45, 7) is 6.48. The average molecular weight is 486 g/mol. The van der Waals surface area contributed by atoms with Gasteiger partial charge in [-0.3, -0.25) is 14.4 Å². The van der Waals surface area contributed by atoms with E-state index in [0.717, 1.165) is 42.5 Å². The zero-order valence-corrected chi connectivity index (χ0v) is 21.4. The number of anilines is 1. The van der Waals surface area contributed by atoms with E-state index in [1.807, 2.05) is 39.0 Å². The molecule has 3 amide bonds. The van der Waals surface area contributed by atoms with Gasteiger partial charge in [0.15, 0.2) is 0 Å². The Morgan fingerprint density at radius 3 is 2.57 bits per heavy atom. The minimum absolute atomic E-state index is 0.148. The smallest absolute Gasteiger partial charge is 0.250 e. The van der Waals surface area contributed by atoms with Gasteiger partial charge < -0.3 is 25.4 Å². The van der Waals surface area contributed by atoms with Crippen molar-refractivity contribution in [2.24, 2.45) is 11.8 Å². The van der Waals surface area contributed by atoms with Crippen LogP contribution in [0.25, 0.3) is 0 Å². The van der Waals surface area contributed by atoms with Crippen molar-refractivity contribution in [3.8, 4) is 0 Å². The van der Waals surface area contributed by atoms with Crippen molar-refractivity contribution in [2.75, 3.05) is 25.5 Å². The van der Waals surface area contributed by atoms with E-state index in [1.165, 1.54) is 0 Å². The maximum absolute atomic E-state index is 13.9. The summed E-state index contributed by atoms with van der Waals surface area (Å²) in [6.07, 6.45) is 5.01. The summed E-state index contributed by atoms with van der Waals surface area (Å²) in [4.78, 5) is 42.6. The first-order valence-corrected chi connectivity index (χ1v) is 13.0. The van der Waals surface area contributed by atoms with Crippen LogP contribution in [0.2, 0.25) is 0 Å². The lowest BCUT2D eigenvalue weighted by Crippen LogP contribution is -2.53. The SMILES string of the molecule is CC[C@]12CCC3(O1)C(C(=O)Nc1cc(C)ccc1C)N(CCCCCCO)C(=O)[C@@H]3[C@H]2C(=O)NC. The molecular formula is C27H39N3O5. The highest BCUT2D eigenvalue weighted by Gasteiger charge is 2.78. The second-order valence-electron chi connectivity index (χ2n) is 10.4. The third-order valence-electron chi connectivity index (χ3n) is 8.42. The molecule has 5 atom stereocenters. The molecule has 3 fully saturated rings. The van der Waals surface area contributed by atoms with Crippen molar-refractivity contribution in [1.82, 2.24) is 10.2 Å². The summed E-state index contributed by atoms with van der Waals surface area (Å²) in [5, 5.41) is 14.9. The number of unbranched alkanes of at least 4 members (excludes halogenated alkanes) is 3. The number of aliphatic hydroxyl groups excluding tert-OH is 1. The van der Waals surface area contributed by atoms with E-state index in [4.69, 9.17) is 9.84 Å². The molecule has 8 nitrogen and oxygen atoms in total. The number of amides is 3. The van der Waals surface area contributed by atoms with E-state index in [0.29, 0.717) is 25.8 Å². The molecule has 0 aromatic heterocycles. The van der Waals surface area contributed by atoms with E-state index >= 15 is 0 Å². The molecule has 2 unspecified atom stereocenters. The Balaban J connectivity index is 1.69. The van der Waals surface area contributed by atoms with E-state index in [1.54, 1.807) is 11.9 Å². The van der Waals surface area contributed by atoms with Crippen molar-refractivity contribution in [3.05, 3.63) is 29.3 Å². The number of aliphatic hydroxyl groups is 1. The number of fused-ring (bicyclic) bond motifs is 1. The fourth-order valence-corrected chi connectivity index (χ4v) is 6.63. The fourth-order valence-electron chi connectivity index (χ4n) is 6.63. The number of nitrogens with one attached hydrogen (secondary N) is 2. The number of benzene rings is 1. The van der Waals surface area contributed by atoms with E-state index < -0.39 is 29.1 Å². The highest BCUT2D eigenvalue weighted by atomic mass is 16.5. The van der Waals surface area contributed by atoms with Gasteiger partial charge in [-0.15, -0.1) is 0 Å². The third kappa shape index (κ3) is 4.14. The number of carbonyl (C=O) groups is 3. The van der Waals surface area contributed by atoms with Gasteiger partial charge in [0.2, 0.25) is 17.7 Å². The topological polar surface area (TPSA) is 108 Å². The van der Waals surface area contributed by atoms with Crippen molar-refractivity contribution in [1.29, 1.82) is 0 Å². The van der Waals surface area contributed by atoms with E-state index in [-0.39, 0.29) is 24.3 Å². The van der Waals surface area contributed by atoms with Crippen LogP contribution >= 0.6 is 0 Å². The first-order valence-electron chi connectivity index (χ1n) is 13.0. The third-order valence-corrected chi connectivity index (χ3v) is 8.42. The number of hydrogen-bond donors (Lipinski definition) is 3. The van der Waals surface area contributed by atoms with Gasteiger partial charge in [-0.1, -0.05) is 31.9 Å². The molecule has 3 aliphatic heterocycles. The van der Waals surface area contributed by atoms with Crippen molar-refractivity contribution < 1.29 is 24.2 Å². The highest BCUT2D eigenvalue weighted by Crippen LogP contribution is 2.64. The number of nitrogens with zero attached hydrogens (tertiary/aromatic N) is 1. The van der Waals surface area contributed by atoms with Gasteiger partial charge in [-0.2, -0.15) is 0 Å². The summed E-state index contributed by atoms with van der Waals surface area (Å²) in [5.74, 6) is -1.87. The lowest BCUT2D eigenvalue weighted by Gasteiger charge is -2.33. The predicted molar refractivity (Wildman–Crippen MR) is 133 cm³/mol. The van der Waals surface area contributed by atoms with Gasteiger partial charge in [-0.25, -0.2) is 0 Å². The highest BCUT2D eigenvalue weighted by molar-refractivity contribution is 6.04. The number of ether oxygens (including phenoxy) is 1. The quantitative estimate of drug-likeness (QED) is 0.442. The molecule has 0 saturated carbocycles. The van der Waals surface area contributed by atoms with Gasteiger partial charge in [-0.05, 0) is 63.1 Å². The summed E-state index contributed by atoms with van der Waals surface area (Å²) in [5.41, 5.74) is 0.990. The van der Waals surface area contributed by atoms with Gasteiger partial charge in [0, 0.05) is 25.9 Å². The molecule has 1 aromatic rings. The van der Waals surface area contributed by atoms with Crippen LogP contribution in [0.1, 0.15) is 63.0 Å². The molecule has 8 heteroatoms. The Labute approximate surface area is 207 Å². The van der Waals surface area contributed by atoms with E-state index in [2.05, 4.69) is 10.6 Å². The zero-order chi connectivity index (χ0) is 25.4. The number of rotatable bonds is 10. The summed E-state index contributed by atoms with van der Waals surface area (Å²) >= 11 is 0. The lowest BCUT2D eigenvalue weighted by molar-refractivity contribution is -0.145. The van der Waals surface area contributed by atoms with Crippen molar-refractivity contribution in [2.45, 2.75) is 83.0 Å². The van der Waals surface area contributed by atoms with Crippen LogP contribution in [0, 0.1) is 25.7 Å². The minimum atomic E-state index is -1.00. The Bertz CT molecular complexity index is 997. The van der Waals surface area contributed by atoms with Crippen LogP contribution in [0.3, 0.4) is 0 Å². The fraction of sp³-hybridized carbons (Fsp3) is 0.667.